The van der Waals surface area contributed by atoms with Crippen molar-refractivity contribution in [3.8, 4) is 0 Å². The summed E-state index contributed by atoms with van der Waals surface area (Å²) in [5, 5.41) is 4.57. The summed E-state index contributed by atoms with van der Waals surface area (Å²) in [6.07, 6.45) is 3.51. The third kappa shape index (κ3) is 4.16. The second-order valence-electron chi connectivity index (χ2n) is 4.41. The van der Waals surface area contributed by atoms with Crippen molar-refractivity contribution >= 4 is 44.8 Å². The average molecular weight is 363 g/mol. The lowest BCUT2D eigenvalue weighted by atomic mass is 10.1. The smallest absolute Gasteiger partial charge is 0.103 e. The van der Waals surface area contributed by atoms with E-state index in [9.17, 15) is 0 Å². The van der Waals surface area contributed by atoms with Crippen LogP contribution in [0.2, 0.25) is 10.0 Å². The Morgan fingerprint density at radius 2 is 2.00 bits per heavy atom. The van der Waals surface area contributed by atoms with Crippen molar-refractivity contribution in [3.63, 3.8) is 0 Å². The largest absolute Gasteiger partial charge is 0.469 e. The molecule has 1 aromatic heterocycles. The lowest BCUT2D eigenvalue weighted by molar-refractivity contribution is 0.495. The number of aryl methyl sites for hydroxylation is 1. The molecule has 0 radical (unpaired) electrons. The fourth-order valence-corrected chi connectivity index (χ4v) is 3.13. The van der Waals surface area contributed by atoms with E-state index < -0.39 is 0 Å². The van der Waals surface area contributed by atoms with Gasteiger partial charge >= 0.3 is 0 Å². The first kappa shape index (κ1) is 14.8. The maximum atomic E-state index is 6.18. The van der Waals surface area contributed by atoms with Gasteiger partial charge in [0, 0.05) is 16.9 Å². The van der Waals surface area contributed by atoms with Gasteiger partial charge in [0.25, 0.3) is 0 Å². The molecule has 2 nitrogen and oxygen atoms in total. The molecule has 19 heavy (non-hydrogen) atoms. The van der Waals surface area contributed by atoms with E-state index in [1.807, 2.05) is 24.3 Å². The van der Waals surface area contributed by atoms with Crippen LogP contribution in [0.3, 0.4) is 0 Å². The van der Waals surface area contributed by atoms with Crippen molar-refractivity contribution < 1.29 is 4.42 Å². The molecule has 0 fully saturated rings. The highest BCUT2D eigenvalue weighted by Crippen LogP contribution is 2.34. The molecule has 1 unspecified atom stereocenters. The van der Waals surface area contributed by atoms with Crippen molar-refractivity contribution in [1.82, 2.24) is 0 Å². The zero-order chi connectivity index (χ0) is 13.8. The van der Waals surface area contributed by atoms with Crippen LogP contribution < -0.4 is 5.32 Å². The maximum absolute atomic E-state index is 6.18. The summed E-state index contributed by atoms with van der Waals surface area (Å²) in [6, 6.07) is 7.79. The summed E-state index contributed by atoms with van der Waals surface area (Å²) < 4.78 is 6.18. The minimum Gasteiger partial charge on any atom is -0.469 e. The Morgan fingerprint density at radius 1 is 1.32 bits per heavy atom. The minimum atomic E-state index is 0.251. The van der Waals surface area contributed by atoms with Gasteiger partial charge in [-0.2, -0.15) is 0 Å². The highest BCUT2D eigenvalue weighted by Gasteiger charge is 2.11. The quantitative estimate of drug-likeness (QED) is 0.728. The molecule has 0 saturated heterocycles. The molecule has 0 aliphatic carbocycles. The fraction of sp³-hybridized carbons (Fsp3) is 0.286. The standard InChI is InChI=1S/C14H14BrCl2NO/c1-9(4-5-11-3-2-6-19-11)18-14-12(16)7-10(15)8-13(14)17/h2-3,6-9,18H,4-5H2,1H3. The first-order valence-corrected chi connectivity index (χ1v) is 7.54. The Labute approximate surface area is 131 Å². The lowest BCUT2D eigenvalue weighted by Crippen LogP contribution is -2.16. The molecule has 0 saturated carbocycles. The zero-order valence-corrected chi connectivity index (χ0v) is 13.5. The van der Waals surface area contributed by atoms with Crippen LogP contribution >= 0.6 is 39.1 Å². The number of furan rings is 1. The Hall–Kier alpha value is -0.640. The zero-order valence-electron chi connectivity index (χ0n) is 10.4. The third-order valence-electron chi connectivity index (χ3n) is 2.80. The van der Waals surface area contributed by atoms with E-state index in [1.165, 1.54) is 0 Å². The molecule has 1 atom stereocenters. The van der Waals surface area contributed by atoms with Crippen LogP contribution in [-0.4, -0.2) is 6.04 Å². The maximum Gasteiger partial charge on any atom is 0.103 e. The van der Waals surface area contributed by atoms with Crippen molar-refractivity contribution in [3.05, 3.63) is 50.8 Å². The number of hydrogen-bond donors (Lipinski definition) is 1. The van der Waals surface area contributed by atoms with Gasteiger partial charge in [-0.25, -0.2) is 0 Å². The third-order valence-corrected chi connectivity index (χ3v) is 3.86. The summed E-state index contributed by atoms with van der Waals surface area (Å²) in [5.74, 6) is 0.988. The highest BCUT2D eigenvalue weighted by atomic mass is 79.9. The van der Waals surface area contributed by atoms with Crippen molar-refractivity contribution in [1.29, 1.82) is 0 Å². The molecular formula is C14H14BrCl2NO. The predicted octanol–water partition coefficient (Wildman–Crippen LogP) is 5.78. The van der Waals surface area contributed by atoms with Crippen LogP contribution in [0.15, 0.2) is 39.4 Å². The molecular weight excluding hydrogens is 349 g/mol. The van der Waals surface area contributed by atoms with Gasteiger partial charge in [0.15, 0.2) is 0 Å². The van der Waals surface area contributed by atoms with Crippen molar-refractivity contribution in [2.45, 2.75) is 25.8 Å². The molecule has 5 heteroatoms. The molecule has 0 amide bonds. The topological polar surface area (TPSA) is 25.2 Å². The normalized spacial score (nSPS) is 12.4. The number of hydrogen-bond acceptors (Lipinski definition) is 2. The molecule has 0 spiro atoms. The second-order valence-corrected chi connectivity index (χ2v) is 6.14. The van der Waals surface area contributed by atoms with E-state index in [0.29, 0.717) is 10.0 Å². The molecule has 0 aliphatic rings. The monoisotopic (exact) mass is 361 g/mol. The fourth-order valence-electron chi connectivity index (χ4n) is 1.81. The van der Waals surface area contributed by atoms with Crippen LogP contribution in [-0.2, 0) is 6.42 Å². The lowest BCUT2D eigenvalue weighted by Gasteiger charge is -2.17. The van der Waals surface area contributed by atoms with Crippen LogP contribution in [0, 0.1) is 0 Å². The SMILES string of the molecule is CC(CCc1ccco1)Nc1c(Cl)cc(Br)cc1Cl. The first-order valence-electron chi connectivity index (χ1n) is 5.99. The van der Waals surface area contributed by atoms with Crippen LogP contribution in [0.4, 0.5) is 5.69 Å². The summed E-state index contributed by atoms with van der Waals surface area (Å²) in [6.45, 7) is 2.09. The molecule has 1 N–H and O–H groups in total. The second kappa shape index (κ2) is 6.69. The van der Waals surface area contributed by atoms with Gasteiger partial charge in [-0.3, -0.25) is 0 Å². The van der Waals surface area contributed by atoms with Gasteiger partial charge in [0.1, 0.15) is 5.76 Å². The number of anilines is 1. The molecule has 0 bridgehead atoms. The van der Waals surface area contributed by atoms with E-state index in [0.717, 1.165) is 28.8 Å². The molecule has 1 heterocycles. The van der Waals surface area contributed by atoms with Gasteiger partial charge in [-0.15, -0.1) is 0 Å². The molecule has 0 aliphatic heterocycles. The van der Waals surface area contributed by atoms with Gasteiger partial charge in [0.2, 0.25) is 0 Å². The molecule has 102 valence electrons. The Bertz CT molecular complexity index is 519. The van der Waals surface area contributed by atoms with E-state index >= 15 is 0 Å². The Kier molecular flexibility index (Phi) is 5.20. The number of halogens is 3. The Morgan fingerprint density at radius 3 is 2.58 bits per heavy atom. The molecule has 1 aromatic carbocycles. The summed E-state index contributed by atoms with van der Waals surface area (Å²) in [4.78, 5) is 0. The van der Waals surface area contributed by atoms with Crippen LogP contribution in [0.1, 0.15) is 19.1 Å². The molecule has 2 rings (SSSR count). The number of benzene rings is 1. The van der Waals surface area contributed by atoms with Crippen LogP contribution in [0.5, 0.6) is 0 Å². The number of nitrogens with one attached hydrogen (secondary N) is 1. The van der Waals surface area contributed by atoms with E-state index in [2.05, 4.69) is 28.2 Å². The van der Waals surface area contributed by atoms with Gasteiger partial charge < -0.3 is 9.73 Å². The van der Waals surface area contributed by atoms with Gasteiger partial charge in [-0.1, -0.05) is 39.1 Å². The average Bonchev–Trinajstić information content (AvgIpc) is 2.84. The summed E-state index contributed by atoms with van der Waals surface area (Å²) in [5.41, 5.74) is 0.776. The summed E-state index contributed by atoms with van der Waals surface area (Å²) in [7, 11) is 0. The summed E-state index contributed by atoms with van der Waals surface area (Å²) >= 11 is 15.7. The van der Waals surface area contributed by atoms with E-state index in [4.69, 9.17) is 27.6 Å². The van der Waals surface area contributed by atoms with Crippen LogP contribution in [0.25, 0.3) is 0 Å². The van der Waals surface area contributed by atoms with E-state index in [-0.39, 0.29) is 6.04 Å². The van der Waals surface area contributed by atoms with Gasteiger partial charge in [-0.05, 0) is 37.6 Å². The van der Waals surface area contributed by atoms with Crippen molar-refractivity contribution in [2.75, 3.05) is 5.32 Å². The minimum absolute atomic E-state index is 0.251. The van der Waals surface area contributed by atoms with Crippen molar-refractivity contribution in [2.24, 2.45) is 0 Å². The predicted molar refractivity (Wildman–Crippen MR) is 84.3 cm³/mol. The highest BCUT2D eigenvalue weighted by molar-refractivity contribution is 9.10. The first-order chi connectivity index (χ1) is 9.06. The Balaban J connectivity index is 1.97. The molecule has 2 aromatic rings. The van der Waals surface area contributed by atoms with E-state index in [1.54, 1.807) is 6.26 Å². The van der Waals surface area contributed by atoms with Gasteiger partial charge in [0.05, 0.1) is 22.0 Å². The number of rotatable bonds is 5.